The van der Waals surface area contributed by atoms with E-state index in [4.69, 9.17) is 0 Å². The van der Waals surface area contributed by atoms with Gasteiger partial charge in [0.15, 0.2) is 0 Å². The highest BCUT2D eigenvalue weighted by molar-refractivity contribution is 6.11. The van der Waals surface area contributed by atoms with E-state index in [0.29, 0.717) is 5.69 Å². The predicted octanol–water partition coefficient (Wildman–Crippen LogP) is 5.19. The summed E-state index contributed by atoms with van der Waals surface area (Å²) in [5, 5.41) is 0. The number of nitrogens with zero attached hydrogens (tertiary/aromatic N) is 1. The van der Waals surface area contributed by atoms with E-state index in [0.717, 1.165) is 22.4 Å². The normalized spacial score (nSPS) is 13.3. The molecule has 1 aliphatic rings. The van der Waals surface area contributed by atoms with Crippen LogP contribution in [0.25, 0.3) is 5.57 Å². The molecule has 0 saturated heterocycles. The standard InChI is InChI=1S/C23H16FNO/c24-19-11-13-20(14-12-19)25-21(15-16-22(25)26)23(17-7-3-1-4-8-17)18-9-5-2-6-10-18/h1-16H. The fraction of sp³-hybridized carbons (Fsp3) is 0. The Morgan fingerprint density at radius 3 is 1.77 bits per heavy atom. The van der Waals surface area contributed by atoms with Crippen LogP contribution in [0.15, 0.2) is 103 Å². The molecule has 0 radical (unpaired) electrons. The van der Waals surface area contributed by atoms with Crippen LogP contribution in [-0.2, 0) is 4.79 Å². The van der Waals surface area contributed by atoms with Gasteiger partial charge in [-0.15, -0.1) is 0 Å². The smallest absolute Gasteiger partial charge is 0.255 e. The van der Waals surface area contributed by atoms with Crippen molar-refractivity contribution in [2.45, 2.75) is 0 Å². The van der Waals surface area contributed by atoms with Gasteiger partial charge in [0, 0.05) is 17.3 Å². The second kappa shape index (κ2) is 6.81. The molecule has 0 fully saturated rings. The van der Waals surface area contributed by atoms with Crippen molar-refractivity contribution in [3.8, 4) is 0 Å². The molecule has 3 aromatic carbocycles. The summed E-state index contributed by atoms with van der Waals surface area (Å²) < 4.78 is 13.3. The molecule has 4 rings (SSSR count). The second-order valence-electron chi connectivity index (χ2n) is 5.98. The number of amides is 1. The van der Waals surface area contributed by atoms with Crippen molar-refractivity contribution in [3.63, 3.8) is 0 Å². The number of anilines is 1. The fourth-order valence-electron chi connectivity index (χ4n) is 3.14. The van der Waals surface area contributed by atoms with Crippen molar-refractivity contribution >= 4 is 17.2 Å². The van der Waals surface area contributed by atoms with Crippen LogP contribution in [0.1, 0.15) is 11.1 Å². The summed E-state index contributed by atoms with van der Waals surface area (Å²) in [4.78, 5) is 14.2. The van der Waals surface area contributed by atoms with Gasteiger partial charge in [0.25, 0.3) is 5.91 Å². The summed E-state index contributed by atoms with van der Waals surface area (Å²) in [5.41, 5.74) is 4.40. The molecular weight excluding hydrogens is 325 g/mol. The SMILES string of the molecule is O=C1C=CC(=C(c2ccccc2)c2ccccc2)N1c1ccc(F)cc1. The van der Waals surface area contributed by atoms with E-state index in [1.165, 1.54) is 12.1 Å². The highest BCUT2D eigenvalue weighted by Gasteiger charge is 2.26. The third kappa shape index (κ3) is 2.95. The predicted molar refractivity (Wildman–Crippen MR) is 102 cm³/mol. The fourth-order valence-corrected chi connectivity index (χ4v) is 3.14. The molecule has 1 heterocycles. The lowest BCUT2D eigenvalue weighted by atomic mass is 9.95. The minimum absolute atomic E-state index is 0.143. The Morgan fingerprint density at radius 1 is 0.692 bits per heavy atom. The first-order chi connectivity index (χ1) is 12.7. The van der Waals surface area contributed by atoms with Crippen molar-refractivity contribution in [2.75, 3.05) is 4.90 Å². The number of benzene rings is 3. The summed E-state index contributed by atoms with van der Waals surface area (Å²) >= 11 is 0. The quantitative estimate of drug-likeness (QED) is 0.642. The number of hydrogen-bond acceptors (Lipinski definition) is 1. The largest absolute Gasteiger partial charge is 0.277 e. The van der Waals surface area contributed by atoms with Crippen LogP contribution in [-0.4, -0.2) is 5.91 Å². The molecular formula is C23H16FNO. The lowest BCUT2D eigenvalue weighted by Gasteiger charge is -2.22. The van der Waals surface area contributed by atoms with E-state index in [1.54, 1.807) is 23.1 Å². The van der Waals surface area contributed by atoms with Gasteiger partial charge in [-0.3, -0.25) is 9.69 Å². The summed E-state index contributed by atoms with van der Waals surface area (Å²) in [6.07, 6.45) is 3.37. The molecule has 126 valence electrons. The van der Waals surface area contributed by atoms with Crippen molar-refractivity contribution in [3.05, 3.63) is 120 Å². The van der Waals surface area contributed by atoms with Crippen LogP contribution in [0, 0.1) is 5.82 Å². The van der Waals surface area contributed by atoms with Crippen LogP contribution >= 0.6 is 0 Å². The Kier molecular flexibility index (Phi) is 4.20. The molecule has 0 bridgehead atoms. The molecule has 0 aliphatic carbocycles. The molecule has 3 heteroatoms. The number of allylic oxidation sites excluding steroid dienone is 1. The highest BCUT2D eigenvalue weighted by atomic mass is 19.1. The molecule has 0 aromatic heterocycles. The average molecular weight is 341 g/mol. The van der Waals surface area contributed by atoms with E-state index in [1.807, 2.05) is 66.7 Å². The zero-order chi connectivity index (χ0) is 17.9. The first-order valence-electron chi connectivity index (χ1n) is 8.37. The van der Waals surface area contributed by atoms with E-state index in [2.05, 4.69) is 0 Å². The monoisotopic (exact) mass is 341 g/mol. The van der Waals surface area contributed by atoms with Gasteiger partial charge >= 0.3 is 0 Å². The van der Waals surface area contributed by atoms with E-state index >= 15 is 0 Å². The first-order valence-corrected chi connectivity index (χ1v) is 8.37. The third-order valence-corrected chi connectivity index (χ3v) is 4.31. The van der Waals surface area contributed by atoms with Gasteiger partial charge in [-0.05, 0) is 41.5 Å². The molecule has 1 amide bonds. The average Bonchev–Trinajstić information content (AvgIpc) is 3.06. The third-order valence-electron chi connectivity index (χ3n) is 4.31. The zero-order valence-electron chi connectivity index (χ0n) is 14.0. The molecule has 0 unspecified atom stereocenters. The number of hydrogen-bond donors (Lipinski definition) is 0. The lowest BCUT2D eigenvalue weighted by molar-refractivity contribution is -0.113. The second-order valence-corrected chi connectivity index (χ2v) is 5.98. The van der Waals surface area contributed by atoms with E-state index < -0.39 is 0 Å². The molecule has 0 spiro atoms. The van der Waals surface area contributed by atoms with Crippen LogP contribution in [0.3, 0.4) is 0 Å². The Labute approximate surface area is 151 Å². The van der Waals surface area contributed by atoms with Crippen LogP contribution < -0.4 is 4.90 Å². The maximum atomic E-state index is 13.3. The maximum Gasteiger partial charge on any atom is 0.255 e. The number of rotatable bonds is 3. The van der Waals surface area contributed by atoms with E-state index in [-0.39, 0.29) is 11.7 Å². The van der Waals surface area contributed by atoms with Crippen LogP contribution in [0.5, 0.6) is 0 Å². The first kappa shape index (κ1) is 16.0. The maximum absolute atomic E-state index is 13.3. The summed E-state index contributed by atoms with van der Waals surface area (Å²) in [6.45, 7) is 0. The molecule has 26 heavy (non-hydrogen) atoms. The molecule has 2 nitrogen and oxygen atoms in total. The van der Waals surface area contributed by atoms with E-state index in [9.17, 15) is 9.18 Å². The van der Waals surface area contributed by atoms with Crippen molar-refractivity contribution in [1.29, 1.82) is 0 Å². The van der Waals surface area contributed by atoms with Crippen molar-refractivity contribution < 1.29 is 9.18 Å². The van der Waals surface area contributed by atoms with Gasteiger partial charge in [-0.1, -0.05) is 60.7 Å². The molecule has 0 saturated carbocycles. The lowest BCUT2D eigenvalue weighted by Crippen LogP contribution is -2.24. The van der Waals surface area contributed by atoms with Crippen LogP contribution in [0.2, 0.25) is 0 Å². The zero-order valence-corrected chi connectivity index (χ0v) is 14.0. The summed E-state index contributed by atoms with van der Waals surface area (Å²) in [6, 6.07) is 25.9. The minimum atomic E-state index is -0.328. The highest BCUT2D eigenvalue weighted by Crippen LogP contribution is 2.34. The Hall–Kier alpha value is -3.46. The molecule has 3 aromatic rings. The van der Waals surface area contributed by atoms with Gasteiger partial charge < -0.3 is 0 Å². The minimum Gasteiger partial charge on any atom is -0.277 e. The number of halogens is 1. The van der Waals surface area contributed by atoms with Crippen LogP contribution in [0.4, 0.5) is 10.1 Å². The van der Waals surface area contributed by atoms with Gasteiger partial charge in [-0.25, -0.2) is 4.39 Å². The summed E-state index contributed by atoms with van der Waals surface area (Å²) in [7, 11) is 0. The topological polar surface area (TPSA) is 20.3 Å². The number of carbonyl (C=O) groups excluding carboxylic acids is 1. The van der Waals surface area contributed by atoms with Gasteiger partial charge in [0.2, 0.25) is 0 Å². The summed E-state index contributed by atoms with van der Waals surface area (Å²) in [5.74, 6) is -0.471. The van der Waals surface area contributed by atoms with Crippen molar-refractivity contribution in [1.82, 2.24) is 0 Å². The molecule has 0 atom stereocenters. The number of carbonyl (C=O) groups is 1. The Balaban J connectivity index is 1.94. The Morgan fingerprint density at radius 2 is 1.23 bits per heavy atom. The van der Waals surface area contributed by atoms with Gasteiger partial charge in [0.1, 0.15) is 5.82 Å². The Bertz CT molecular complexity index is 948. The molecule has 1 aliphatic heterocycles. The van der Waals surface area contributed by atoms with Gasteiger partial charge in [-0.2, -0.15) is 0 Å². The molecule has 0 N–H and O–H groups in total. The van der Waals surface area contributed by atoms with Crippen molar-refractivity contribution in [2.24, 2.45) is 0 Å². The van der Waals surface area contributed by atoms with Gasteiger partial charge in [0.05, 0.1) is 5.70 Å².